The van der Waals surface area contributed by atoms with Crippen molar-refractivity contribution in [3.05, 3.63) is 35.4 Å². The van der Waals surface area contributed by atoms with Crippen LogP contribution in [0.3, 0.4) is 0 Å². The average molecular weight is 274 g/mol. The summed E-state index contributed by atoms with van der Waals surface area (Å²) in [5, 5.41) is 3.33. The molecule has 0 bridgehead atoms. The van der Waals surface area contributed by atoms with Gasteiger partial charge >= 0.3 is 0 Å². The molecule has 3 heterocycles. The molecule has 1 unspecified atom stereocenters. The van der Waals surface area contributed by atoms with Gasteiger partial charge in [-0.3, -0.25) is 9.69 Å². The van der Waals surface area contributed by atoms with Crippen LogP contribution in [0.25, 0.3) is 0 Å². The van der Waals surface area contributed by atoms with Gasteiger partial charge in [0.1, 0.15) is 6.04 Å². The molecule has 0 saturated carbocycles. The van der Waals surface area contributed by atoms with E-state index < -0.39 is 0 Å². The number of nitrogens with one attached hydrogen (secondary N) is 1. The van der Waals surface area contributed by atoms with Crippen molar-refractivity contribution in [3.8, 4) is 0 Å². The van der Waals surface area contributed by atoms with Crippen LogP contribution in [0.2, 0.25) is 0 Å². The summed E-state index contributed by atoms with van der Waals surface area (Å²) in [6.45, 7) is 1.01. The zero-order valence-electron chi connectivity index (χ0n) is 10.9. The van der Waals surface area contributed by atoms with Crippen LogP contribution < -0.4 is 5.32 Å². The first kappa shape index (κ1) is 11.8. The van der Waals surface area contributed by atoms with Crippen molar-refractivity contribution in [2.75, 3.05) is 18.1 Å². The molecule has 0 aliphatic carbocycles. The Balaban J connectivity index is 1.76. The van der Waals surface area contributed by atoms with Gasteiger partial charge in [-0.15, -0.1) is 0 Å². The van der Waals surface area contributed by atoms with Crippen LogP contribution in [0.5, 0.6) is 0 Å². The fraction of sp³-hybridized carbons (Fsp3) is 0.533. The Morgan fingerprint density at radius 3 is 2.89 bits per heavy atom. The van der Waals surface area contributed by atoms with E-state index in [0.717, 1.165) is 37.3 Å². The Morgan fingerprint density at radius 1 is 1.26 bits per heavy atom. The fourth-order valence-electron chi connectivity index (χ4n) is 3.80. The van der Waals surface area contributed by atoms with Crippen molar-refractivity contribution < 1.29 is 4.79 Å². The molecule has 3 aliphatic heterocycles. The topological polar surface area (TPSA) is 32.3 Å². The molecular formula is C15H18N2OS. The average Bonchev–Trinajstić information content (AvgIpc) is 2.72. The minimum Gasteiger partial charge on any atom is -0.336 e. The third kappa shape index (κ3) is 1.66. The van der Waals surface area contributed by atoms with Gasteiger partial charge in [0.2, 0.25) is 5.91 Å². The summed E-state index contributed by atoms with van der Waals surface area (Å²) in [5.41, 5.74) is 2.52. The summed E-state index contributed by atoms with van der Waals surface area (Å²) in [6, 6.07) is 8.38. The lowest BCUT2D eigenvalue weighted by Gasteiger charge is -2.44. The van der Waals surface area contributed by atoms with Crippen molar-refractivity contribution in [2.45, 2.75) is 31.0 Å². The molecule has 1 aromatic carbocycles. The lowest BCUT2D eigenvalue weighted by atomic mass is 9.91. The first-order valence-corrected chi connectivity index (χ1v) is 8.20. The van der Waals surface area contributed by atoms with Crippen LogP contribution >= 0.6 is 11.8 Å². The van der Waals surface area contributed by atoms with Gasteiger partial charge in [0.25, 0.3) is 0 Å². The standard InChI is InChI=1S/C15H18N2OS/c18-14-13-12-4-2-1-3-11(12)5-8-17(13)15(16-14)6-9-19-10-7-15/h1-4,13H,5-10H2,(H,16,18). The van der Waals surface area contributed by atoms with E-state index in [4.69, 9.17) is 0 Å². The van der Waals surface area contributed by atoms with E-state index in [-0.39, 0.29) is 17.6 Å². The summed E-state index contributed by atoms with van der Waals surface area (Å²) >= 11 is 2.00. The van der Waals surface area contributed by atoms with Crippen LogP contribution in [0.15, 0.2) is 24.3 Å². The Hall–Kier alpha value is -1.00. The number of rotatable bonds is 0. The van der Waals surface area contributed by atoms with Gasteiger partial charge in [-0.25, -0.2) is 0 Å². The van der Waals surface area contributed by atoms with Gasteiger partial charge in [0.05, 0.1) is 5.66 Å². The zero-order valence-corrected chi connectivity index (χ0v) is 11.7. The molecule has 4 heteroatoms. The number of hydrogen-bond donors (Lipinski definition) is 1. The number of fused-ring (bicyclic) bond motifs is 4. The number of thioether (sulfide) groups is 1. The number of benzene rings is 1. The predicted molar refractivity (Wildman–Crippen MR) is 77.0 cm³/mol. The van der Waals surface area contributed by atoms with Crippen LogP contribution in [-0.4, -0.2) is 34.5 Å². The summed E-state index contributed by atoms with van der Waals surface area (Å²) in [6.07, 6.45) is 3.24. The fourth-order valence-corrected chi connectivity index (χ4v) is 4.97. The molecule has 1 N–H and O–H groups in total. The molecule has 1 amide bonds. The van der Waals surface area contributed by atoms with Crippen LogP contribution in [-0.2, 0) is 11.2 Å². The van der Waals surface area contributed by atoms with Gasteiger partial charge in [0.15, 0.2) is 0 Å². The molecule has 4 rings (SSSR count). The Bertz CT molecular complexity index is 525. The molecule has 1 atom stereocenters. The number of nitrogens with zero attached hydrogens (tertiary/aromatic N) is 1. The molecule has 0 aromatic heterocycles. The number of carbonyl (C=O) groups is 1. The summed E-state index contributed by atoms with van der Waals surface area (Å²) < 4.78 is 0. The normalized spacial score (nSPS) is 28.8. The first-order valence-electron chi connectivity index (χ1n) is 7.04. The van der Waals surface area contributed by atoms with E-state index in [2.05, 4.69) is 34.5 Å². The summed E-state index contributed by atoms with van der Waals surface area (Å²) in [4.78, 5) is 14.9. The maximum atomic E-state index is 12.5. The molecule has 100 valence electrons. The monoisotopic (exact) mass is 274 g/mol. The van der Waals surface area contributed by atoms with Gasteiger partial charge < -0.3 is 5.32 Å². The number of carbonyl (C=O) groups excluding carboxylic acids is 1. The van der Waals surface area contributed by atoms with Crippen molar-refractivity contribution in [2.24, 2.45) is 0 Å². The smallest absolute Gasteiger partial charge is 0.243 e. The molecule has 1 aromatic rings. The third-order valence-electron chi connectivity index (χ3n) is 4.76. The molecular weight excluding hydrogens is 256 g/mol. The molecule has 19 heavy (non-hydrogen) atoms. The number of hydrogen-bond acceptors (Lipinski definition) is 3. The second-order valence-corrected chi connectivity index (χ2v) is 6.90. The van der Waals surface area contributed by atoms with Crippen molar-refractivity contribution in [1.82, 2.24) is 10.2 Å². The van der Waals surface area contributed by atoms with E-state index in [0.29, 0.717) is 0 Å². The highest BCUT2D eigenvalue weighted by Gasteiger charge is 2.53. The SMILES string of the molecule is O=C1NC2(CCSCC2)N2CCc3ccccc3C12. The van der Waals surface area contributed by atoms with E-state index in [1.54, 1.807) is 0 Å². The highest BCUT2D eigenvalue weighted by atomic mass is 32.2. The summed E-state index contributed by atoms with van der Waals surface area (Å²) in [7, 11) is 0. The second-order valence-electron chi connectivity index (χ2n) is 5.68. The molecule has 1 spiro atoms. The van der Waals surface area contributed by atoms with Crippen molar-refractivity contribution in [3.63, 3.8) is 0 Å². The van der Waals surface area contributed by atoms with E-state index in [9.17, 15) is 4.79 Å². The number of amides is 1. The van der Waals surface area contributed by atoms with Gasteiger partial charge in [-0.05, 0) is 41.9 Å². The van der Waals surface area contributed by atoms with Crippen molar-refractivity contribution >= 4 is 17.7 Å². The van der Waals surface area contributed by atoms with E-state index >= 15 is 0 Å². The highest BCUT2D eigenvalue weighted by Crippen LogP contribution is 2.44. The maximum absolute atomic E-state index is 12.5. The summed E-state index contributed by atoms with van der Waals surface area (Å²) in [5.74, 6) is 2.52. The third-order valence-corrected chi connectivity index (χ3v) is 5.74. The quantitative estimate of drug-likeness (QED) is 0.785. The second kappa shape index (κ2) is 4.25. The minimum absolute atomic E-state index is 0.0481. The van der Waals surface area contributed by atoms with Crippen molar-refractivity contribution in [1.29, 1.82) is 0 Å². The predicted octanol–water partition coefficient (Wildman–Crippen LogP) is 1.94. The van der Waals surface area contributed by atoms with Gasteiger partial charge in [-0.2, -0.15) is 11.8 Å². The highest BCUT2D eigenvalue weighted by molar-refractivity contribution is 7.99. The zero-order chi connectivity index (χ0) is 12.9. The van der Waals surface area contributed by atoms with Crippen LogP contribution in [0.4, 0.5) is 0 Å². The van der Waals surface area contributed by atoms with E-state index in [1.165, 1.54) is 11.1 Å². The molecule has 2 fully saturated rings. The molecule has 3 nitrogen and oxygen atoms in total. The van der Waals surface area contributed by atoms with Gasteiger partial charge in [-0.1, -0.05) is 24.3 Å². The molecule has 2 saturated heterocycles. The Morgan fingerprint density at radius 2 is 2.05 bits per heavy atom. The lowest BCUT2D eigenvalue weighted by molar-refractivity contribution is -0.121. The van der Waals surface area contributed by atoms with Crippen LogP contribution in [0, 0.1) is 0 Å². The molecule has 3 aliphatic rings. The van der Waals surface area contributed by atoms with Gasteiger partial charge in [0, 0.05) is 6.54 Å². The largest absolute Gasteiger partial charge is 0.336 e. The lowest BCUT2D eigenvalue weighted by Crippen LogP contribution is -2.55. The minimum atomic E-state index is -0.0550. The Labute approximate surface area is 117 Å². The Kier molecular flexibility index (Phi) is 2.64. The molecule has 0 radical (unpaired) electrons. The maximum Gasteiger partial charge on any atom is 0.243 e. The van der Waals surface area contributed by atoms with E-state index in [1.807, 2.05) is 11.8 Å². The van der Waals surface area contributed by atoms with Crippen LogP contribution in [0.1, 0.15) is 30.0 Å². The first-order chi connectivity index (χ1) is 9.30.